The molecular formula is C14H15N3O3S. The van der Waals surface area contributed by atoms with Crippen LogP contribution in [-0.4, -0.2) is 35.4 Å². The van der Waals surface area contributed by atoms with Gasteiger partial charge in [-0.05, 0) is 37.1 Å². The second-order valence-electron chi connectivity index (χ2n) is 4.67. The Morgan fingerprint density at radius 1 is 1.43 bits per heavy atom. The summed E-state index contributed by atoms with van der Waals surface area (Å²) in [6.07, 6.45) is 2.33. The summed E-state index contributed by atoms with van der Waals surface area (Å²) < 4.78 is 11.1. The third-order valence-electron chi connectivity index (χ3n) is 3.16. The number of ether oxygens (including phenoxy) is 2. The Balaban J connectivity index is 1.54. The molecule has 0 saturated carbocycles. The summed E-state index contributed by atoms with van der Waals surface area (Å²) in [4.78, 5) is 12.0. The van der Waals surface area contributed by atoms with Gasteiger partial charge in [-0.15, -0.1) is 10.2 Å². The first-order valence-electron chi connectivity index (χ1n) is 6.73. The van der Waals surface area contributed by atoms with Gasteiger partial charge in [0.05, 0.1) is 6.10 Å². The highest BCUT2D eigenvalue weighted by atomic mass is 32.1. The zero-order valence-corrected chi connectivity index (χ0v) is 12.1. The molecule has 1 aliphatic heterocycles. The van der Waals surface area contributed by atoms with Crippen molar-refractivity contribution in [1.82, 2.24) is 10.2 Å². The lowest BCUT2D eigenvalue weighted by Gasteiger charge is -2.11. The second kappa shape index (κ2) is 6.64. The maximum Gasteiger partial charge on any atom is 0.257 e. The van der Waals surface area contributed by atoms with Gasteiger partial charge in [0.1, 0.15) is 17.9 Å². The topological polar surface area (TPSA) is 73.3 Å². The number of nitrogens with one attached hydrogen (secondary N) is 1. The molecule has 2 aromatic rings. The highest BCUT2D eigenvalue weighted by Gasteiger charge is 2.16. The van der Waals surface area contributed by atoms with Crippen molar-refractivity contribution in [3.63, 3.8) is 0 Å². The summed E-state index contributed by atoms with van der Waals surface area (Å²) in [6, 6.07) is 7.01. The number of nitrogens with zero attached hydrogens (tertiary/aromatic N) is 2. The molecule has 3 rings (SSSR count). The molecule has 21 heavy (non-hydrogen) atoms. The molecule has 1 aromatic heterocycles. The number of hydrogen-bond acceptors (Lipinski definition) is 6. The Morgan fingerprint density at radius 2 is 2.29 bits per heavy atom. The van der Waals surface area contributed by atoms with E-state index >= 15 is 0 Å². The third kappa shape index (κ3) is 3.77. The fraction of sp³-hybridized carbons (Fsp3) is 0.357. The minimum atomic E-state index is -0.211. The molecule has 1 aliphatic rings. The maximum absolute atomic E-state index is 12.0. The van der Waals surface area contributed by atoms with Gasteiger partial charge < -0.3 is 9.47 Å². The quantitative estimate of drug-likeness (QED) is 0.918. The SMILES string of the molecule is O=C(Nc1nncs1)c1ccc(OCC2CCCO2)cc1. The van der Waals surface area contributed by atoms with Gasteiger partial charge in [0.2, 0.25) is 5.13 Å². The van der Waals surface area contributed by atoms with Crippen molar-refractivity contribution in [2.75, 3.05) is 18.5 Å². The van der Waals surface area contributed by atoms with Crippen LogP contribution in [-0.2, 0) is 4.74 Å². The number of benzene rings is 1. The summed E-state index contributed by atoms with van der Waals surface area (Å²) in [6.45, 7) is 1.37. The van der Waals surface area contributed by atoms with Crippen LogP contribution in [0.3, 0.4) is 0 Å². The summed E-state index contributed by atoms with van der Waals surface area (Å²) in [7, 11) is 0. The number of amides is 1. The van der Waals surface area contributed by atoms with Gasteiger partial charge in [-0.2, -0.15) is 0 Å². The van der Waals surface area contributed by atoms with E-state index in [1.165, 1.54) is 11.3 Å². The smallest absolute Gasteiger partial charge is 0.257 e. The standard InChI is InChI=1S/C14H15N3O3S/c18-13(16-14-17-15-9-21-14)10-3-5-11(6-4-10)20-8-12-2-1-7-19-12/h3-6,9,12H,1-2,7-8H2,(H,16,17,18). The van der Waals surface area contributed by atoms with E-state index in [-0.39, 0.29) is 12.0 Å². The first kappa shape index (κ1) is 14.0. The predicted molar refractivity (Wildman–Crippen MR) is 78.8 cm³/mol. The molecule has 1 aromatic carbocycles. The van der Waals surface area contributed by atoms with E-state index < -0.39 is 0 Å². The molecule has 0 bridgehead atoms. The normalized spacial score (nSPS) is 17.6. The highest BCUT2D eigenvalue weighted by molar-refractivity contribution is 7.13. The van der Waals surface area contributed by atoms with Crippen LogP contribution in [0, 0.1) is 0 Å². The van der Waals surface area contributed by atoms with Crippen LogP contribution in [0.15, 0.2) is 29.8 Å². The van der Waals surface area contributed by atoms with Crippen molar-refractivity contribution in [3.05, 3.63) is 35.3 Å². The van der Waals surface area contributed by atoms with Gasteiger partial charge in [0.25, 0.3) is 5.91 Å². The number of anilines is 1. The Labute approximate surface area is 126 Å². The van der Waals surface area contributed by atoms with Crippen LogP contribution in [0.1, 0.15) is 23.2 Å². The molecule has 7 heteroatoms. The molecule has 0 spiro atoms. The first-order chi connectivity index (χ1) is 10.3. The average Bonchev–Trinajstić information content (AvgIpc) is 3.19. The van der Waals surface area contributed by atoms with Gasteiger partial charge in [0, 0.05) is 12.2 Å². The van der Waals surface area contributed by atoms with Crippen LogP contribution in [0.25, 0.3) is 0 Å². The van der Waals surface area contributed by atoms with E-state index in [0.29, 0.717) is 17.3 Å². The zero-order chi connectivity index (χ0) is 14.5. The number of rotatable bonds is 5. The Bertz CT molecular complexity index is 580. The molecule has 1 saturated heterocycles. The summed E-state index contributed by atoms with van der Waals surface area (Å²) in [5, 5.41) is 10.6. The molecule has 110 valence electrons. The molecule has 1 fully saturated rings. The third-order valence-corrected chi connectivity index (χ3v) is 3.76. The molecule has 0 radical (unpaired) electrons. The molecule has 1 amide bonds. The number of hydrogen-bond donors (Lipinski definition) is 1. The summed E-state index contributed by atoms with van der Waals surface area (Å²) >= 11 is 1.28. The van der Waals surface area contributed by atoms with Crippen molar-refractivity contribution >= 4 is 22.4 Å². The number of carbonyl (C=O) groups excluding carboxylic acids is 1. The van der Waals surface area contributed by atoms with E-state index in [1.807, 2.05) is 0 Å². The van der Waals surface area contributed by atoms with Crippen molar-refractivity contribution in [3.8, 4) is 5.75 Å². The van der Waals surface area contributed by atoms with Gasteiger partial charge >= 0.3 is 0 Å². The van der Waals surface area contributed by atoms with Crippen LogP contribution < -0.4 is 10.1 Å². The monoisotopic (exact) mass is 305 g/mol. The fourth-order valence-electron chi connectivity index (χ4n) is 2.06. The van der Waals surface area contributed by atoms with E-state index in [9.17, 15) is 4.79 Å². The van der Waals surface area contributed by atoms with E-state index in [0.717, 1.165) is 25.2 Å². The van der Waals surface area contributed by atoms with Gasteiger partial charge in [0.15, 0.2) is 0 Å². The fourth-order valence-corrected chi connectivity index (χ4v) is 2.50. The molecular weight excluding hydrogens is 290 g/mol. The van der Waals surface area contributed by atoms with Crippen LogP contribution in [0.4, 0.5) is 5.13 Å². The lowest BCUT2D eigenvalue weighted by Crippen LogP contribution is -2.16. The Kier molecular flexibility index (Phi) is 4.42. The summed E-state index contributed by atoms with van der Waals surface area (Å²) in [5.74, 6) is 0.524. The zero-order valence-electron chi connectivity index (χ0n) is 11.3. The van der Waals surface area contributed by atoms with Crippen molar-refractivity contribution < 1.29 is 14.3 Å². The highest BCUT2D eigenvalue weighted by Crippen LogP contribution is 2.17. The molecule has 1 unspecified atom stereocenters. The van der Waals surface area contributed by atoms with Crippen LogP contribution in [0.2, 0.25) is 0 Å². The van der Waals surface area contributed by atoms with Crippen LogP contribution >= 0.6 is 11.3 Å². The molecule has 1 atom stereocenters. The van der Waals surface area contributed by atoms with Gasteiger partial charge in [-0.3, -0.25) is 10.1 Å². The van der Waals surface area contributed by atoms with Gasteiger partial charge in [-0.1, -0.05) is 11.3 Å². The van der Waals surface area contributed by atoms with Gasteiger partial charge in [-0.25, -0.2) is 0 Å². The Hall–Kier alpha value is -1.99. The lowest BCUT2D eigenvalue weighted by molar-refractivity contribution is 0.0679. The molecule has 1 N–H and O–H groups in total. The largest absolute Gasteiger partial charge is 0.491 e. The summed E-state index contributed by atoms with van der Waals surface area (Å²) in [5.41, 5.74) is 2.12. The molecule has 0 aliphatic carbocycles. The minimum absolute atomic E-state index is 0.186. The number of carbonyl (C=O) groups is 1. The number of aromatic nitrogens is 2. The van der Waals surface area contributed by atoms with Crippen molar-refractivity contribution in [2.24, 2.45) is 0 Å². The van der Waals surface area contributed by atoms with Crippen molar-refractivity contribution in [1.29, 1.82) is 0 Å². The lowest BCUT2D eigenvalue weighted by atomic mass is 10.2. The van der Waals surface area contributed by atoms with E-state index in [2.05, 4.69) is 15.5 Å². The predicted octanol–water partition coefficient (Wildman–Crippen LogP) is 2.35. The first-order valence-corrected chi connectivity index (χ1v) is 7.61. The second-order valence-corrected chi connectivity index (χ2v) is 5.50. The molecule has 6 nitrogen and oxygen atoms in total. The van der Waals surface area contributed by atoms with Crippen LogP contribution in [0.5, 0.6) is 5.75 Å². The average molecular weight is 305 g/mol. The Morgan fingerprint density at radius 3 is 2.95 bits per heavy atom. The maximum atomic E-state index is 12.0. The van der Waals surface area contributed by atoms with E-state index in [1.54, 1.807) is 29.8 Å². The van der Waals surface area contributed by atoms with Crippen molar-refractivity contribution in [2.45, 2.75) is 18.9 Å². The van der Waals surface area contributed by atoms with E-state index in [4.69, 9.17) is 9.47 Å². The minimum Gasteiger partial charge on any atom is -0.491 e. The molecule has 2 heterocycles.